The first kappa shape index (κ1) is 17.7. The van der Waals surface area contributed by atoms with E-state index < -0.39 is 0 Å². The summed E-state index contributed by atoms with van der Waals surface area (Å²) >= 11 is 6.46. The Kier molecular flexibility index (Phi) is 4.70. The highest BCUT2D eigenvalue weighted by molar-refractivity contribution is 6.33. The van der Waals surface area contributed by atoms with Crippen LogP contribution in [0.25, 0.3) is 11.0 Å². The van der Waals surface area contributed by atoms with E-state index >= 15 is 0 Å². The number of aryl methyl sites for hydroxylation is 1. The van der Waals surface area contributed by atoms with Crippen LogP contribution in [0.3, 0.4) is 0 Å². The maximum absolute atomic E-state index is 12.0. The zero-order valence-electron chi connectivity index (χ0n) is 15.3. The van der Waals surface area contributed by atoms with E-state index in [1.807, 2.05) is 44.2 Å². The lowest BCUT2D eigenvalue weighted by molar-refractivity contribution is 0.289. The molecule has 0 radical (unpaired) electrons. The Morgan fingerprint density at radius 2 is 1.96 bits per heavy atom. The van der Waals surface area contributed by atoms with Crippen molar-refractivity contribution in [3.8, 4) is 11.5 Å². The molecule has 140 valence electrons. The van der Waals surface area contributed by atoms with Gasteiger partial charge in [-0.05, 0) is 49.2 Å². The molecule has 6 heteroatoms. The van der Waals surface area contributed by atoms with E-state index in [1.165, 1.54) is 6.07 Å². The van der Waals surface area contributed by atoms with E-state index in [2.05, 4.69) is 4.90 Å². The number of ether oxygens (including phenoxy) is 2. The van der Waals surface area contributed by atoms with Gasteiger partial charge < -0.3 is 18.8 Å². The highest BCUT2D eigenvalue weighted by Gasteiger charge is 2.25. The van der Waals surface area contributed by atoms with Gasteiger partial charge in [-0.3, -0.25) is 0 Å². The predicted octanol–water partition coefficient (Wildman–Crippen LogP) is 4.76. The van der Waals surface area contributed by atoms with Gasteiger partial charge in [0.05, 0.1) is 23.7 Å². The summed E-state index contributed by atoms with van der Waals surface area (Å²) in [6.07, 6.45) is 0.723. The van der Waals surface area contributed by atoms with Crippen LogP contribution in [0.15, 0.2) is 45.6 Å². The number of fused-ring (bicyclic) bond motifs is 3. The van der Waals surface area contributed by atoms with Gasteiger partial charge in [-0.2, -0.15) is 0 Å². The third-order valence-electron chi connectivity index (χ3n) is 4.73. The van der Waals surface area contributed by atoms with Crippen LogP contribution in [0.5, 0.6) is 11.5 Å². The third-order valence-corrected chi connectivity index (χ3v) is 5.01. The molecule has 1 aliphatic heterocycles. The lowest BCUT2D eigenvalue weighted by Gasteiger charge is -2.31. The Labute approximate surface area is 162 Å². The highest BCUT2D eigenvalue weighted by Crippen LogP contribution is 2.40. The summed E-state index contributed by atoms with van der Waals surface area (Å²) in [5.74, 6) is 1.41. The van der Waals surface area contributed by atoms with Crippen molar-refractivity contribution in [2.75, 3.05) is 18.2 Å². The fourth-order valence-corrected chi connectivity index (χ4v) is 3.71. The van der Waals surface area contributed by atoms with Crippen LogP contribution in [0, 0.1) is 0 Å². The number of halogens is 1. The molecular formula is C21H20ClNO4. The third kappa shape index (κ3) is 3.23. The van der Waals surface area contributed by atoms with E-state index in [1.54, 1.807) is 0 Å². The number of hydrogen-bond acceptors (Lipinski definition) is 5. The largest absolute Gasteiger partial charge is 0.494 e. The van der Waals surface area contributed by atoms with E-state index in [9.17, 15) is 4.79 Å². The van der Waals surface area contributed by atoms with Crippen molar-refractivity contribution in [3.05, 3.63) is 63.0 Å². The van der Waals surface area contributed by atoms with Crippen molar-refractivity contribution in [1.82, 2.24) is 0 Å². The molecule has 0 amide bonds. The second-order valence-corrected chi connectivity index (χ2v) is 6.79. The summed E-state index contributed by atoms with van der Waals surface area (Å²) < 4.78 is 17.0. The topological polar surface area (TPSA) is 51.9 Å². The number of anilines is 1. The van der Waals surface area contributed by atoms with Crippen molar-refractivity contribution >= 4 is 28.3 Å². The molecule has 0 atom stereocenters. The molecule has 2 aromatic carbocycles. The highest BCUT2D eigenvalue weighted by atomic mass is 35.5. The van der Waals surface area contributed by atoms with Crippen molar-refractivity contribution < 1.29 is 13.9 Å². The fraction of sp³-hybridized carbons (Fsp3) is 0.286. The van der Waals surface area contributed by atoms with Crippen LogP contribution in [0.1, 0.15) is 25.0 Å². The minimum atomic E-state index is -0.359. The van der Waals surface area contributed by atoms with Crippen molar-refractivity contribution in [1.29, 1.82) is 0 Å². The molecule has 3 aromatic rings. The summed E-state index contributed by atoms with van der Waals surface area (Å²) in [6, 6.07) is 11.2. The van der Waals surface area contributed by atoms with E-state index in [0.29, 0.717) is 36.2 Å². The normalized spacial score (nSPS) is 13.4. The molecular weight excluding hydrogens is 366 g/mol. The maximum Gasteiger partial charge on any atom is 0.336 e. The number of rotatable bonds is 4. The van der Waals surface area contributed by atoms with E-state index in [-0.39, 0.29) is 5.63 Å². The summed E-state index contributed by atoms with van der Waals surface area (Å²) in [5, 5.41) is 1.39. The van der Waals surface area contributed by atoms with E-state index in [4.69, 9.17) is 25.5 Å². The van der Waals surface area contributed by atoms with Crippen molar-refractivity contribution in [3.63, 3.8) is 0 Å². The first-order valence-electron chi connectivity index (χ1n) is 8.99. The number of nitrogens with zero attached hydrogens (tertiary/aromatic N) is 1. The van der Waals surface area contributed by atoms with Gasteiger partial charge in [-0.1, -0.05) is 18.5 Å². The van der Waals surface area contributed by atoms with Gasteiger partial charge in [0, 0.05) is 17.1 Å². The molecule has 0 N–H and O–H groups in total. The van der Waals surface area contributed by atoms with Gasteiger partial charge in [-0.25, -0.2) is 4.79 Å². The molecule has 0 saturated carbocycles. The van der Waals surface area contributed by atoms with Gasteiger partial charge in [0.15, 0.2) is 6.73 Å². The summed E-state index contributed by atoms with van der Waals surface area (Å²) in [7, 11) is 0. The average molecular weight is 386 g/mol. The molecule has 2 heterocycles. The van der Waals surface area contributed by atoms with Crippen LogP contribution < -0.4 is 20.0 Å². The van der Waals surface area contributed by atoms with Gasteiger partial charge >= 0.3 is 5.63 Å². The standard InChI is InChI=1S/C21H20ClNO4/c1-3-13-9-19(24)27-20-16(13)10-18(22)21-17(20)11-23(12-26-21)14-5-7-15(8-6-14)25-4-2/h5-10H,3-4,11-12H2,1-2H3. The van der Waals surface area contributed by atoms with Gasteiger partial charge in [-0.15, -0.1) is 0 Å². The molecule has 0 unspecified atom stereocenters. The van der Waals surface area contributed by atoms with Gasteiger partial charge in [0.2, 0.25) is 0 Å². The Balaban J connectivity index is 1.77. The molecule has 0 fully saturated rings. The molecule has 0 saturated heterocycles. The van der Waals surface area contributed by atoms with Crippen LogP contribution in [-0.2, 0) is 13.0 Å². The summed E-state index contributed by atoms with van der Waals surface area (Å²) in [5.41, 5.74) is 2.90. The van der Waals surface area contributed by atoms with Gasteiger partial charge in [0.25, 0.3) is 0 Å². The van der Waals surface area contributed by atoms with Crippen LogP contribution in [0.2, 0.25) is 5.02 Å². The SMILES string of the molecule is CCOc1ccc(N2COc3c(Cl)cc4c(CC)cc(=O)oc4c3C2)cc1. The van der Waals surface area contributed by atoms with Crippen LogP contribution in [-0.4, -0.2) is 13.3 Å². The van der Waals surface area contributed by atoms with E-state index in [0.717, 1.165) is 34.4 Å². The van der Waals surface area contributed by atoms with Crippen LogP contribution >= 0.6 is 11.6 Å². The summed E-state index contributed by atoms with van der Waals surface area (Å²) in [6.45, 7) is 5.49. The minimum absolute atomic E-state index is 0.359. The molecule has 5 nitrogen and oxygen atoms in total. The molecule has 0 aliphatic carbocycles. The smallest absolute Gasteiger partial charge is 0.336 e. The minimum Gasteiger partial charge on any atom is -0.494 e. The van der Waals surface area contributed by atoms with Crippen molar-refractivity contribution in [2.24, 2.45) is 0 Å². The number of benzene rings is 2. The average Bonchev–Trinajstić information content (AvgIpc) is 2.69. The first-order valence-corrected chi connectivity index (χ1v) is 9.37. The molecule has 27 heavy (non-hydrogen) atoms. The Bertz CT molecular complexity index is 1040. The molecule has 1 aliphatic rings. The lowest BCUT2D eigenvalue weighted by Crippen LogP contribution is -2.32. The first-order chi connectivity index (χ1) is 13.1. The molecule has 1 aromatic heterocycles. The van der Waals surface area contributed by atoms with Gasteiger partial charge in [0.1, 0.15) is 17.1 Å². The number of hydrogen-bond donors (Lipinski definition) is 0. The monoisotopic (exact) mass is 385 g/mol. The van der Waals surface area contributed by atoms with Crippen molar-refractivity contribution in [2.45, 2.75) is 26.8 Å². The summed E-state index contributed by atoms with van der Waals surface area (Å²) in [4.78, 5) is 14.1. The Morgan fingerprint density at radius 1 is 1.19 bits per heavy atom. The fourth-order valence-electron chi connectivity index (χ4n) is 3.43. The second-order valence-electron chi connectivity index (χ2n) is 6.39. The second kappa shape index (κ2) is 7.16. The zero-order chi connectivity index (χ0) is 19.0. The molecule has 0 bridgehead atoms. The maximum atomic E-state index is 12.0. The quantitative estimate of drug-likeness (QED) is 0.606. The predicted molar refractivity (Wildman–Crippen MR) is 106 cm³/mol. The molecule has 4 rings (SSSR count). The zero-order valence-corrected chi connectivity index (χ0v) is 16.0. The Morgan fingerprint density at radius 3 is 2.67 bits per heavy atom. The Hall–Kier alpha value is -2.66. The lowest BCUT2D eigenvalue weighted by atomic mass is 10.0. The van der Waals surface area contributed by atoms with Crippen LogP contribution in [0.4, 0.5) is 5.69 Å². The molecule has 0 spiro atoms.